The van der Waals surface area contributed by atoms with Crippen molar-refractivity contribution in [3.05, 3.63) is 27.7 Å². The van der Waals surface area contributed by atoms with Gasteiger partial charge in [0.1, 0.15) is 12.4 Å². The maximum Gasteiger partial charge on any atom is 0.127 e. The molecule has 0 aromatic heterocycles. The van der Waals surface area contributed by atoms with Crippen molar-refractivity contribution < 1.29 is 9.57 Å². The number of hydroxylamine groups is 1. The third-order valence-corrected chi connectivity index (χ3v) is 2.60. The fourth-order valence-corrected chi connectivity index (χ4v) is 2.12. The predicted molar refractivity (Wildman–Crippen MR) is 54.8 cm³/mol. The molecule has 3 nitrogen and oxygen atoms in total. The highest BCUT2D eigenvalue weighted by molar-refractivity contribution is 6.35. The molecule has 1 unspecified atom stereocenters. The SMILES string of the molecule is CONC1COc2cc(Cl)cc(Cl)c21. The summed E-state index contributed by atoms with van der Waals surface area (Å²) in [4.78, 5) is 4.85. The molecule has 0 fully saturated rings. The third-order valence-electron chi connectivity index (χ3n) is 2.07. The largest absolute Gasteiger partial charge is 0.491 e. The molecule has 0 aliphatic carbocycles. The molecule has 76 valence electrons. The van der Waals surface area contributed by atoms with Crippen LogP contribution in [0.5, 0.6) is 5.75 Å². The van der Waals surface area contributed by atoms with Crippen LogP contribution in [0.1, 0.15) is 11.6 Å². The Balaban J connectivity index is 2.39. The first-order valence-electron chi connectivity index (χ1n) is 4.12. The van der Waals surface area contributed by atoms with Gasteiger partial charge < -0.3 is 9.57 Å². The summed E-state index contributed by atoms with van der Waals surface area (Å²) in [7, 11) is 1.56. The summed E-state index contributed by atoms with van der Waals surface area (Å²) in [6.45, 7) is 0.503. The van der Waals surface area contributed by atoms with Crippen molar-refractivity contribution in [3.63, 3.8) is 0 Å². The normalized spacial score (nSPS) is 19.2. The molecule has 1 aliphatic rings. The number of rotatable bonds is 2. The number of nitrogens with one attached hydrogen (secondary N) is 1. The molecular formula is C9H9Cl2NO2. The molecule has 0 spiro atoms. The molecule has 5 heteroatoms. The van der Waals surface area contributed by atoms with Crippen LogP contribution in [0.3, 0.4) is 0 Å². The number of fused-ring (bicyclic) bond motifs is 1. The van der Waals surface area contributed by atoms with Crippen LogP contribution in [0.15, 0.2) is 12.1 Å². The summed E-state index contributed by atoms with van der Waals surface area (Å²) in [5.41, 5.74) is 3.71. The zero-order valence-corrected chi connectivity index (χ0v) is 9.02. The highest BCUT2D eigenvalue weighted by Crippen LogP contribution is 2.39. The zero-order valence-electron chi connectivity index (χ0n) is 7.51. The van der Waals surface area contributed by atoms with Crippen molar-refractivity contribution in [3.8, 4) is 5.75 Å². The Morgan fingerprint density at radius 3 is 3.00 bits per heavy atom. The second kappa shape index (κ2) is 3.95. The van der Waals surface area contributed by atoms with Gasteiger partial charge in [-0.05, 0) is 12.1 Å². The maximum atomic E-state index is 6.05. The highest BCUT2D eigenvalue weighted by Gasteiger charge is 2.27. The van der Waals surface area contributed by atoms with Gasteiger partial charge in [0.05, 0.1) is 18.2 Å². The first-order valence-corrected chi connectivity index (χ1v) is 4.88. The molecule has 2 rings (SSSR count). The molecule has 14 heavy (non-hydrogen) atoms. The first-order chi connectivity index (χ1) is 6.72. The minimum absolute atomic E-state index is 0.0280. The molecule has 1 atom stereocenters. The van der Waals surface area contributed by atoms with Crippen molar-refractivity contribution in [2.24, 2.45) is 0 Å². The standard InChI is InChI=1S/C9H9Cl2NO2/c1-13-12-7-4-14-8-3-5(10)2-6(11)9(7)8/h2-3,7,12H,4H2,1H3. The van der Waals surface area contributed by atoms with E-state index in [1.54, 1.807) is 19.2 Å². The lowest BCUT2D eigenvalue weighted by molar-refractivity contribution is 0.0536. The van der Waals surface area contributed by atoms with Crippen LogP contribution < -0.4 is 10.2 Å². The summed E-state index contributed by atoms with van der Waals surface area (Å²) in [5.74, 6) is 0.719. The Morgan fingerprint density at radius 1 is 1.50 bits per heavy atom. The lowest BCUT2D eigenvalue weighted by Crippen LogP contribution is -2.21. The van der Waals surface area contributed by atoms with Crippen LogP contribution in [0.2, 0.25) is 10.0 Å². The monoisotopic (exact) mass is 233 g/mol. The van der Waals surface area contributed by atoms with Crippen molar-refractivity contribution >= 4 is 23.2 Å². The number of benzene rings is 1. The average Bonchev–Trinajstić information content (AvgIpc) is 2.49. The van der Waals surface area contributed by atoms with E-state index in [2.05, 4.69) is 5.48 Å². The molecule has 1 N–H and O–H groups in total. The Kier molecular flexibility index (Phi) is 2.83. The Labute approximate surface area is 91.9 Å². The smallest absolute Gasteiger partial charge is 0.127 e. The molecule has 0 bridgehead atoms. The molecule has 0 amide bonds. The quantitative estimate of drug-likeness (QED) is 0.797. The topological polar surface area (TPSA) is 30.5 Å². The van der Waals surface area contributed by atoms with E-state index in [9.17, 15) is 0 Å². The van der Waals surface area contributed by atoms with Crippen molar-refractivity contribution in [2.45, 2.75) is 6.04 Å². The minimum Gasteiger partial charge on any atom is -0.491 e. The summed E-state index contributed by atoms with van der Waals surface area (Å²) in [6, 6.07) is 3.42. The molecule has 1 aromatic carbocycles. The zero-order chi connectivity index (χ0) is 10.1. The van der Waals surface area contributed by atoms with Crippen LogP contribution in [-0.4, -0.2) is 13.7 Å². The van der Waals surface area contributed by atoms with E-state index < -0.39 is 0 Å². The van der Waals surface area contributed by atoms with Gasteiger partial charge in [-0.3, -0.25) is 0 Å². The lowest BCUT2D eigenvalue weighted by Gasteiger charge is -2.09. The van der Waals surface area contributed by atoms with Crippen LogP contribution >= 0.6 is 23.2 Å². The van der Waals surface area contributed by atoms with Crippen LogP contribution in [0.25, 0.3) is 0 Å². The molecule has 0 saturated heterocycles. The van der Waals surface area contributed by atoms with Gasteiger partial charge >= 0.3 is 0 Å². The van der Waals surface area contributed by atoms with E-state index in [4.69, 9.17) is 32.8 Å². The van der Waals surface area contributed by atoms with E-state index in [1.807, 2.05) is 0 Å². The van der Waals surface area contributed by atoms with Gasteiger partial charge in [-0.1, -0.05) is 23.2 Å². The van der Waals surface area contributed by atoms with Crippen molar-refractivity contribution in [2.75, 3.05) is 13.7 Å². The molecule has 0 radical (unpaired) electrons. The van der Waals surface area contributed by atoms with Crippen LogP contribution in [0, 0.1) is 0 Å². The van der Waals surface area contributed by atoms with E-state index in [0.29, 0.717) is 16.7 Å². The van der Waals surface area contributed by atoms with Gasteiger partial charge in [0.2, 0.25) is 0 Å². The van der Waals surface area contributed by atoms with Gasteiger partial charge in [-0.2, -0.15) is 5.48 Å². The minimum atomic E-state index is -0.0280. The van der Waals surface area contributed by atoms with Crippen molar-refractivity contribution in [1.82, 2.24) is 5.48 Å². The number of hydrogen-bond acceptors (Lipinski definition) is 3. The fraction of sp³-hybridized carbons (Fsp3) is 0.333. The summed E-state index contributed by atoms with van der Waals surface area (Å²) in [6.07, 6.45) is 0. The third kappa shape index (κ3) is 1.68. The van der Waals surface area contributed by atoms with E-state index in [0.717, 1.165) is 11.3 Å². The van der Waals surface area contributed by atoms with Crippen molar-refractivity contribution in [1.29, 1.82) is 0 Å². The van der Waals surface area contributed by atoms with Gasteiger partial charge in [0.15, 0.2) is 0 Å². The Hall–Kier alpha value is -0.480. The van der Waals surface area contributed by atoms with Crippen LogP contribution in [-0.2, 0) is 4.84 Å². The second-order valence-electron chi connectivity index (χ2n) is 2.98. The number of hydrogen-bond donors (Lipinski definition) is 1. The summed E-state index contributed by atoms with van der Waals surface area (Å²) < 4.78 is 5.41. The maximum absolute atomic E-state index is 6.05. The van der Waals surface area contributed by atoms with E-state index in [-0.39, 0.29) is 6.04 Å². The molecule has 1 aromatic rings. The summed E-state index contributed by atoms with van der Waals surface area (Å²) in [5, 5.41) is 1.17. The number of halogens is 2. The Bertz CT molecular complexity index is 357. The van der Waals surface area contributed by atoms with Gasteiger partial charge in [0, 0.05) is 10.6 Å². The molecular weight excluding hydrogens is 225 g/mol. The predicted octanol–water partition coefficient (Wildman–Crippen LogP) is 2.58. The molecule has 1 heterocycles. The van der Waals surface area contributed by atoms with Gasteiger partial charge in [-0.25, -0.2) is 0 Å². The van der Waals surface area contributed by atoms with Gasteiger partial charge in [0.25, 0.3) is 0 Å². The fourth-order valence-electron chi connectivity index (χ4n) is 1.51. The molecule has 1 aliphatic heterocycles. The number of ether oxygens (including phenoxy) is 1. The highest BCUT2D eigenvalue weighted by atomic mass is 35.5. The lowest BCUT2D eigenvalue weighted by atomic mass is 10.1. The average molecular weight is 234 g/mol. The summed E-state index contributed by atoms with van der Waals surface area (Å²) >= 11 is 11.9. The van der Waals surface area contributed by atoms with Gasteiger partial charge in [-0.15, -0.1) is 0 Å². The van der Waals surface area contributed by atoms with E-state index >= 15 is 0 Å². The Morgan fingerprint density at radius 2 is 2.29 bits per heavy atom. The first kappa shape index (κ1) is 10.1. The second-order valence-corrected chi connectivity index (χ2v) is 3.83. The van der Waals surface area contributed by atoms with Crippen LogP contribution in [0.4, 0.5) is 0 Å². The molecule has 0 saturated carbocycles. The van der Waals surface area contributed by atoms with E-state index in [1.165, 1.54) is 0 Å².